The molecule has 0 spiro atoms. The lowest BCUT2D eigenvalue weighted by atomic mass is 10.1. The first kappa shape index (κ1) is 21.8. The van der Waals surface area contributed by atoms with Gasteiger partial charge in [0.05, 0.1) is 30.6 Å². The van der Waals surface area contributed by atoms with Gasteiger partial charge in [0.15, 0.2) is 5.69 Å². The molecule has 30 heavy (non-hydrogen) atoms. The molecule has 0 saturated heterocycles. The fourth-order valence-electron chi connectivity index (χ4n) is 2.66. The number of aromatic nitrogens is 3. The molecule has 0 bridgehead atoms. The highest BCUT2D eigenvalue weighted by molar-refractivity contribution is 7.09. The van der Waals surface area contributed by atoms with Crippen molar-refractivity contribution in [3.63, 3.8) is 0 Å². The zero-order valence-corrected chi connectivity index (χ0v) is 16.0. The number of carbonyl (C=O) groups excluding carboxylic acids is 1. The van der Waals surface area contributed by atoms with Gasteiger partial charge < -0.3 is 4.74 Å². The van der Waals surface area contributed by atoms with Gasteiger partial charge in [0.25, 0.3) is 0 Å². The molecule has 1 aromatic carbocycles. The van der Waals surface area contributed by atoms with E-state index in [1.54, 1.807) is 0 Å². The number of halogens is 6. The van der Waals surface area contributed by atoms with Gasteiger partial charge in [0, 0.05) is 10.9 Å². The molecule has 2 heterocycles. The number of ether oxygens (including phenoxy) is 1. The monoisotopic (exact) mass is 449 g/mol. The summed E-state index contributed by atoms with van der Waals surface area (Å²) in [6.07, 6.45) is -8.64. The minimum Gasteiger partial charge on any atom is -0.462 e. The molecule has 0 aliphatic heterocycles. The Labute approximate surface area is 169 Å². The van der Waals surface area contributed by atoms with Crippen LogP contribution in [0.2, 0.25) is 0 Å². The molecule has 0 N–H and O–H groups in total. The van der Waals surface area contributed by atoms with Crippen LogP contribution in [-0.2, 0) is 23.6 Å². The predicted molar refractivity (Wildman–Crippen MR) is 94.8 cm³/mol. The van der Waals surface area contributed by atoms with E-state index in [4.69, 9.17) is 0 Å². The number of nitrogens with zero attached hydrogens (tertiary/aromatic N) is 3. The number of thiazole rings is 1. The molecule has 0 atom stereocenters. The Balaban J connectivity index is 1.91. The number of alkyl halides is 6. The summed E-state index contributed by atoms with van der Waals surface area (Å²) < 4.78 is 84.3. The van der Waals surface area contributed by atoms with Gasteiger partial charge in [-0.25, -0.2) is 9.78 Å². The average Bonchev–Trinajstić information content (AvgIpc) is 3.28. The molecule has 0 radical (unpaired) electrons. The van der Waals surface area contributed by atoms with Gasteiger partial charge in [0.2, 0.25) is 0 Å². The molecule has 0 fully saturated rings. The van der Waals surface area contributed by atoms with Crippen molar-refractivity contribution >= 4 is 17.3 Å². The summed E-state index contributed by atoms with van der Waals surface area (Å²) in [7, 11) is 0. The first-order valence-corrected chi connectivity index (χ1v) is 9.30. The Morgan fingerprint density at radius 1 is 1.17 bits per heavy atom. The molecule has 3 rings (SSSR count). The van der Waals surface area contributed by atoms with Crippen LogP contribution >= 0.6 is 11.3 Å². The van der Waals surface area contributed by atoms with Gasteiger partial charge in [-0.05, 0) is 19.1 Å². The molecule has 12 heteroatoms. The number of hydrogen-bond acceptors (Lipinski definition) is 5. The number of benzene rings is 1. The van der Waals surface area contributed by atoms with Crippen molar-refractivity contribution in [2.45, 2.75) is 25.8 Å². The lowest BCUT2D eigenvalue weighted by molar-refractivity contribution is -0.144. The fourth-order valence-corrected chi connectivity index (χ4v) is 3.45. The number of esters is 1. The molecular formula is C18H13F6N3O2S. The van der Waals surface area contributed by atoms with Gasteiger partial charge in [-0.15, -0.1) is 11.3 Å². The second-order valence-electron chi connectivity index (χ2n) is 5.99. The Kier molecular flexibility index (Phi) is 5.88. The van der Waals surface area contributed by atoms with E-state index in [2.05, 4.69) is 14.8 Å². The lowest BCUT2D eigenvalue weighted by Gasteiger charge is -2.11. The fraction of sp³-hybridized carbons (Fsp3) is 0.278. The van der Waals surface area contributed by atoms with E-state index >= 15 is 0 Å². The molecule has 3 aromatic rings. The molecule has 5 nitrogen and oxygen atoms in total. The topological polar surface area (TPSA) is 57.0 Å². The van der Waals surface area contributed by atoms with Gasteiger partial charge in [0.1, 0.15) is 10.6 Å². The predicted octanol–water partition coefficient (Wildman–Crippen LogP) is 5.27. The molecule has 2 aromatic heterocycles. The van der Waals surface area contributed by atoms with Crippen LogP contribution in [0, 0.1) is 0 Å². The van der Waals surface area contributed by atoms with Crippen molar-refractivity contribution in [1.29, 1.82) is 0 Å². The summed E-state index contributed by atoms with van der Waals surface area (Å²) in [4.78, 5) is 15.9. The number of hydrogen-bond donors (Lipinski definition) is 0. The third kappa shape index (κ3) is 4.64. The van der Waals surface area contributed by atoms with E-state index in [0.717, 1.165) is 29.7 Å². The molecule has 0 aliphatic rings. The first-order valence-electron chi connectivity index (χ1n) is 8.43. The number of rotatable bonds is 5. The second-order valence-corrected chi connectivity index (χ2v) is 6.93. The van der Waals surface area contributed by atoms with Crippen LogP contribution in [0.3, 0.4) is 0 Å². The van der Waals surface area contributed by atoms with E-state index in [9.17, 15) is 31.1 Å². The molecule has 0 aliphatic carbocycles. The summed E-state index contributed by atoms with van der Waals surface area (Å²) in [5.41, 5.74) is -2.50. The Morgan fingerprint density at radius 3 is 2.53 bits per heavy atom. The van der Waals surface area contributed by atoms with Crippen LogP contribution < -0.4 is 0 Å². The summed E-state index contributed by atoms with van der Waals surface area (Å²) >= 11 is 0.963. The molecule has 0 amide bonds. The largest absolute Gasteiger partial charge is 0.462 e. The molecule has 0 saturated carbocycles. The zero-order chi connectivity index (χ0) is 22.1. The smallest absolute Gasteiger partial charge is 0.433 e. The van der Waals surface area contributed by atoms with E-state index in [-0.39, 0.29) is 22.9 Å². The lowest BCUT2D eigenvalue weighted by Crippen LogP contribution is -2.19. The standard InChI is InChI=1S/C18H13F6N3O2S/c1-2-29-16(28)12-7-25-27(15(12)18(22,23)24)8-14-26-13(9-30-14)10-4-3-5-11(6-10)17(19,20)21/h3-7,9H,2,8H2,1H3. The van der Waals surface area contributed by atoms with Crippen molar-refractivity contribution in [2.24, 2.45) is 0 Å². The van der Waals surface area contributed by atoms with Crippen LogP contribution in [0.15, 0.2) is 35.8 Å². The van der Waals surface area contributed by atoms with Crippen molar-refractivity contribution in [2.75, 3.05) is 6.61 Å². The van der Waals surface area contributed by atoms with E-state index in [0.29, 0.717) is 4.68 Å². The maximum absolute atomic E-state index is 13.5. The van der Waals surface area contributed by atoms with E-state index in [1.165, 1.54) is 24.4 Å². The van der Waals surface area contributed by atoms with Gasteiger partial charge in [-0.2, -0.15) is 31.4 Å². The van der Waals surface area contributed by atoms with Crippen LogP contribution in [0.4, 0.5) is 26.3 Å². The SMILES string of the molecule is CCOC(=O)c1cnn(Cc2nc(-c3cccc(C(F)(F)F)c3)cs2)c1C(F)(F)F. The third-order valence-corrected chi connectivity index (χ3v) is 4.76. The van der Waals surface area contributed by atoms with E-state index < -0.39 is 41.7 Å². The quantitative estimate of drug-likeness (QED) is 0.394. The van der Waals surface area contributed by atoms with Crippen LogP contribution in [0.5, 0.6) is 0 Å². The Bertz CT molecular complexity index is 1050. The van der Waals surface area contributed by atoms with Crippen molar-refractivity contribution < 1.29 is 35.9 Å². The zero-order valence-electron chi connectivity index (χ0n) is 15.2. The van der Waals surface area contributed by atoms with Crippen LogP contribution in [-0.4, -0.2) is 27.3 Å². The van der Waals surface area contributed by atoms with Crippen molar-refractivity contribution in [3.8, 4) is 11.3 Å². The highest BCUT2D eigenvalue weighted by Gasteiger charge is 2.40. The van der Waals surface area contributed by atoms with Gasteiger partial charge in [-0.3, -0.25) is 4.68 Å². The molecule has 0 unspecified atom stereocenters. The minimum atomic E-state index is -4.88. The van der Waals surface area contributed by atoms with Gasteiger partial charge in [-0.1, -0.05) is 12.1 Å². The summed E-state index contributed by atoms with van der Waals surface area (Å²) in [6, 6.07) is 4.46. The summed E-state index contributed by atoms with van der Waals surface area (Å²) in [6.45, 7) is 0.937. The normalized spacial score (nSPS) is 12.2. The van der Waals surface area contributed by atoms with Crippen molar-refractivity contribution in [3.05, 3.63) is 57.7 Å². The second kappa shape index (κ2) is 8.09. The average molecular weight is 449 g/mol. The van der Waals surface area contributed by atoms with Crippen LogP contribution in [0.1, 0.15) is 33.5 Å². The Morgan fingerprint density at radius 2 is 1.90 bits per heavy atom. The third-order valence-electron chi connectivity index (χ3n) is 3.93. The van der Waals surface area contributed by atoms with Crippen LogP contribution in [0.25, 0.3) is 11.3 Å². The highest BCUT2D eigenvalue weighted by Crippen LogP contribution is 2.34. The molecule has 160 valence electrons. The minimum absolute atomic E-state index is 0.103. The Hall–Kier alpha value is -2.89. The summed E-state index contributed by atoms with van der Waals surface area (Å²) in [5, 5.41) is 5.23. The maximum Gasteiger partial charge on any atom is 0.433 e. The van der Waals surface area contributed by atoms with Crippen molar-refractivity contribution in [1.82, 2.24) is 14.8 Å². The number of carbonyl (C=O) groups is 1. The first-order chi connectivity index (χ1) is 14.0. The highest BCUT2D eigenvalue weighted by atomic mass is 32.1. The summed E-state index contributed by atoms with van der Waals surface area (Å²) in [5.74, 6) is -1.15. The van der Waals surface area contributed by atoms with Gasteiger partial charge >= 0.3 is 18.3 Å². The van der Waals surface area contributed by atoms with E-state index in [1.807, 2.05) is 0 Å². The maximum atomic E-state index is 13.5. The molecular weight excluding hydrogens is 436 g/mol.